The second kappa shape index (κ2) is 5.37. The van der Waals surface area contributed by atoms with Crippen molar-refractivity contribution < 1.29 is 14.3 Å². The molecule has 0 bridgehead atoms. The third-order valence-electron chi connectivity index (χ3n) is 4.23. The first-order chi connectivity index (χ1) is 10.0. The first-order valence-electron chi connectivity index (χ1n) is 7.07. The Morgan fingerprint density at radius 2 is 2.29 bits per heavy atom. The highest BCUT2D eigenvalue weighted by Gasteiger charge is 2.27. The average molecular weight is 352 g/mol. The Balaban J connectivity index is 2.40. The van der Waals surface area contributed by atoms with Gasteiger partial charge in [0.25, 0.3) is 0 Å². The molecule has 1 N–H and O–H groups in total. The number of carboxylic acid groups (broad SMARTS) is 1. The third kappa shape index (κ3) is 2.33. The molecule has 0 saturated heterocycles. The van der Waals surface area contributed by atoms with Crippen molar-refractivity contribution in [1.29, 1.82) is 0 Å². The molecule has 1 heterocycles. The van der Waals surface area contributed by atoms with Gasteiger partial charge in [-0.3, -0.25) is 4.98 Å². The van der Waals surface area contributed by atoms with Crippen LogP contribution in [0.4, 0.5) is 4.39 Å². The number of hydrogen-bond donors (Lipinski definition) is 1. The lowest BCUT2D eigenvalue weighted by Crippen LogP contribution is -2.17. The van der Waals surface area contributed by atoms with E-state index in [1.54, 1.807) is 0 Å². The highest BCUT2D eigenvalue weighted by Crippen LogP contribution is 2.38. The number of pyridine rings is 1. The summed E-state index contributed by atoms with van der Waals surface area (Å²) >= 11 is 3.13. The fraction of sp³-hybridized carbons (Fsp3) is 0.375. The van der Waals surface area contributed by atoms with Crippen molar-refractivity contribution in [3.63, 3.8) is 0 Å². The molecule has 3 nitrogen and oxygen atoms in total. The minimum Gasteiger partial charge on any atom is -0.478 e. The summed E-state index contributed by atoms with van der Waals surface area (Å²) in [5.74, 6) is -1.12. The van der Waals surface area contributed by atoms with Crippen molar-refractivity contribution in [2.45, 2.75) is 38.5 Å². The fourth-order valence-corrected chi connectivity index (χ4v) is 3.55. The van der Waals surface area contributed by atoms with Gasteiger partial charge in [0.05, 0.1) is 15.6 Å². The Labute approximate surface area is 130 Å². The van der Waals surface area contributed by atoms with Gasteiger partial charge in [0.15, 0.2) is 0 Å². The molecule has 1 aliphatic rings. The Hall–Kier alpha value is -1.49. The predicted octanol–water partition coefficient (Wildman–Crippen LogP) is 4.66. The van der Waals surface area contributed by atoms with E-state index >= 15 is 0 Å². The lowest BCUT2D eigenvalue weighted by atomic mass is 9.82. The van der Waals surface area contributed by atoms with Crippen LogP contribution in [0.5, 0.6) is 0 Å². The van der Waals surface area contributed by atoms with Crippen LogP contribution < -0.4 is 0 Å². The highest BCUT2D eigenvalue weighted by atomic mass is 79.9. The van der Waals surface area contributed by atoms with E-state index in [0.717, 1.165) is 36.9 Å². The number of aromatic nitrogens is 1. The summed E-state index contributed by atoms with van der Waals surface area (Å²) < 4.78 is 14.0. The maximum Gasteiger partial charge on any atom is 0.336 e. The second-order valence-corrected chi connectivity index (χ2v) is 6.29. The number of carboxylic acids is 1. The van der Waals surface area contributed by atoms with Crippen LogP contribution >= 0.6 is 15.9 Å². The zero-order valence-corrected chi connectivity index (χ0v) is 13.2. The van der Waals surface area contributed by atoms with Crippen LogP contribution in [0.2, 0.25) is 0 Å². The number of hydrogen-bond acceptors (Lipinski definition) is 2. The van der Waals surface area contributed by atoms with Gasteiger partial charge >= 0.3 is 5.97 Å². The lowest BCUT2D eigenvalue weighted by Gasteiger charge is -2.25. The Kier molecular flexibility index (Phi) is 3.69. The van der Waals surface area contributed by atoms with E-state index in [4.69, 9.17) is 0 Å². The molecule has 5 heteroatoms. The first-order valence-corrected chi connectivity index (χ1v) is 7.87. The maximum absolute atomic E-state index is 13.8. The molecule has 1 atom stereocenters. The summed E-state index contributed by atoms with van der Waals surface area (Å²) in [7, 11) is 0. The van der Waals surface area contributed by atoms with Crippen LogP contribution in [-0.4, -0.2) is 16.1 Å². The van der Waals surface area contributed by atoms with Gasteiger partial charge in [0, 0.05) is 23.1 Å². The standard InChI is InChI=1S/C16H15BrFNO2/c1-2-8-4-3-5-9-14(16(20)21)10-6-11(17)12(18)7-13(10)19-15(8)9/h6-8H,2-5H2,1H3,(H,20,21). The summed E-state index contributed by atoms with van der Waals surface area (Å²) in [6.45, 7) is 2.08. The zero-order chi connectivity index (χ0) is 15.1. The van der Waals surface area contributed by atoms with Gasteiger partial charge in [-0.05, 0) is 53.2 Å². The summed E-state index contributed by atoms with van der Waals surface area (Å²) in [6, 6.07) is 2.84. The molecule has 0 spiro atoms. The van der Waals surface area contributed by atoms with E-state index in [0.29, 0.717) is 10.9 Å². The molecular formula is C16H15BrFNO2. The van der Waals surface area contributed by atoms with Gasteiger partial charge in [0.1, 0.15) is 5.82 Å². The normalized spacial score (nSPS) is 17.8. The molecule has 1 unspecified atom stereocenters. The number of carbonyl (C=O) groups is 1. The smallest absolute Gasteiger partial charge is 0.336 e. The third-order valence-corrected chi connectivity index (χ3v) is 4.84. The van der Waals surface area contributed by atoms with Crippen LogP contribution in [0.15, 0.2) is 16.6 Å². The van der Waals surface area contributed by atoms with Crippen molar-refractivity contribution in [3.8, 4) is 0 Å². The molecule has 110 valence electrons. The number of nitrogens with zero attached hydrogens (tertiary/aromatic N) is 1. The number of fused-ring (bicyclic) bond motifs is 2. The SMILES string of the molecule is CCC1CCCc2c1nc1cc(F)c(Br)cc1c2C(=O)O. The molecule has 0 fully saturated rings. The lowest BCUT2D eigenvalue weighted by molar-refractivity contribution is 0.0697. The monoisotopic (exact) mass is 351 g/mol. The van der Waals surface area contributed by atoms with Crippen LogP contribution in [-0.2, 0) is 6.42 Å². The van der Waals surface area contributed by atoms with Crippen LogP contribution in [0.3, 0.4) is 0 Å². The van der Waals surface area contributed by atoms with Gasteiger partial charge < -0.3 is 5.11 Å². The largest absolute Gasteiger partial charge is 0.478 e. The molecule has 0 saturated carbocycles. The average Bonchev–Trinajstić information content (AvgIpc) is 2.45. The first kappa shape index (κ1) is 14.4. The van der Waals surface area contributed by atoms with E-state index in [1.165, 1.54) is 12.1 Å². The quantitative estimate of drug-likeness (QED) is 0.855. The molecule has 3 rings (SSSR count). The summed E-state index contributed by atoms with van der Waals surface area (Å²) in [5, 5.41) is 10.1. The maximum atomic E-state index is 13.8. The fourth-order valence-electron chi connectivity index (χ4n) is 3.21. The molecule has 0 amide bonds. The molecule has 2 aromatic rings. The summed E-state index contributed by atoms with van der Waals surface area (Å²) in [6.07, 6.45) is 3.64. The van der Waals surface area contributed by atoms with E-state index in [2.05, 4.69) is 27.8 Å². The van der Waals surface area contributed by atoms with Gasteiger partial charge in [-0.2, -0.15) is 0 Å². The van der Waals surface area contributed by atoms with E-state index in [1.807, 2.05) is 0 Å². The molecule has 1 aromatic carbocycles. The number of aromatic carboxylic acids is 1. The highest BCUT2D eigenvalue weighted by molar-refractivity contribution is 9.10. The molecular weight excluding hydrogens is 337 g/mol. The Morgan fingerprint density at radius 3 is 2.95 bits per heavy atom. The van der Waals surface area contributed by atoms with Gasteiger partial charge in [-0.15, -0.1) is 0 Å². The van der Waals surface area contributed by atoms with Gasteiger partial charge in [0.2, 0.25) is 0 Å². The van der Waals surface area contributed by atoms with Crippen molar-refractivity contribution in [2.24, 2.45) is 0 Å². The Bertz CT molecular complexity index is 745. The van der Waals surface area contributed by atoms with Gasteiger partial charge in [-0.25, -0.2) is 9.18 Å². The van der Waals surface area contributed by atoms with Crippen molar-refractivity contribution in [1.82, 2.24) is 4.98 Å². The molecule has 1 aromatic heterocycles. The van der Waals surface area contributed by atoms with Crippen LogP contribution in [0.25, 0.3) is 10.9 Å². The van der Waals surface area contributed by atoms with Crippen molar-refractivity contribution >= 4 is 32.8 Å². The minimum absolute atomic E-state index is 0.266. The van der Waals surface area contributed by atoms with E-state index < -0.39 is 11.8 Å². The molecule has 0 aliphatic heterocycles. The molecule has 21 heavy (non-hydrogen) atoms. The second-order valence-electron chi connectivity index (χ2n) is 5.44. The van der Waals surface area contributed by atoms with Crippen LogP contribution in [0.1, 0.15) is 53.7 Å². The number of halogens is 2. The predicted molar refractivity (Wildman–Crippen MR) is 82.3 cm³/mol. The van der Waals surface area contributed by atoms with Crippen molar-refractivity contribution in [2.75, 3.05) is 0 Å². The Morgan fingerprint density at radius 1 is 1.52 bits per heavy atom. The molecule has 0 radical (unpaired) electrons. The van der Waals surface area contributed by atoms with Crippen LogP contribution in [0, 0.1) is 5.82 Å². The topological polar surface area (TPSA) is 50.2 Å². The van der Waals surface area contributed by atoms with E-state index in [9.17, 15) is 14.3 Å². The van der Waals surface area contributed by atoms with Crippen molar-refractivity contribution in [3.05, 3.63) is 39.2 Å². The number of rotatable bonds is 2. The zero-order valence-electron chi connectivity index (χ0n) is 11.6. The summed E-state index contributed by atoms with van der Waals surface area (Å²) in [5.41, 5.74) is 2.38. The minimum atomic E-state index is -0.964. The molecule has 1 aliphatic carbocycles. The summed E-state index contributed by atoms with van der Waals surface area (Å²) in [4.78, 5) is 16.3. The van der Waals surface area contributed by atoms with Gasteiger partial charge in [-0.1, -0.05) is 6.92 Å². The van der Waals surface area contributed by atoms with E-state index in [-0.39, 0.29) is 16.0 Å². The number of benzene rings is 1.